The summed E-state index contributed by atoms with van der Waals surface area (Å²) >= 11 is 0. The molecule has 0 atom stereocenters. The summed E-state index contributed by atoms with van der Waals surface area (Å²) in [4.78, 5) is 0. The number of halogens is 1. The Labute approximate surface area is 92.9 Å². The number of benzene rings is 1. The molecule has 0 saturated heterocycles. The Bertz CT molecular complexity index is 467. The second-order valence-electron chi connectivity index (χ2n) is 3.13. The zero-order valence-corrected chi connectivity index (χ0v) is 9.89. The molecule has 0 bridgehead atoms. The molecule has 0 fully saturated rings. The highest BCUT2D eigenvalue weighted by molar-refractivity contribution is 8.13. The van der Waals surface area contributed by atoms with Gasteiger partial charge in [0.25, 0.3) is 0 Å². The molecule has 1 N–H and O–H groups in total. The molecule has 1 rings (SSSR count). The number of rotatable bonds is 3. The van der Waals surface area contributed by atoms with Crippen LogP contribution in [0.4, 0.5) is 0 Å². The summed E-state index contributed by atoms with van der Waals surface area (Å²) in [7, 11) is 2.89. The summed E-state index contributed by atoms with van der Waals surface area (Å²) in [5, 5.41) is 9.50. The van der Waals surface area contributed by atoms with Crippen LogP contribution in [0.3, 0.4) is 0 Å². The Morgan fingerprint density at radius 1 is 1.47 bits per heavy atom. The summed E-state index contributed by atoms with van der Waals surface area (Å²) in [5.74, 6) is -0.00235. The van der Waals surface area contributed by atoms with Gasteiger partial charge in [0.05, 0.1) is 12.9 Å². The minimum absolute atomic E-state index is 0.0995. The minimum Gasteiger partial charge on any atom is -0.508 e. The van der Waals surface area contributed by atoms with Crippen LogP contribution in [-0.4, -0.2) is 20.6 Å². The molecule has 1 aromatic carbocycles. The molecule has 6 heteroatoms. The van der Waals surface area contributed by atoms with E-state index in [0.29, 0.717) is 5.75 Å². The predicted octanol–water partition coefficient (Wildman–Crippen LogP) is 1.78. The van der Waals surface area contributed by atoms with Crippen LogP contribution in [0.25, 0.3) is 0 Å². The maximum Gasteiger partial charge on any atom is 0.236 e. The summed E-state index contributed by atoms with van der Waals surface area (Å²) in [6.07, 6.45) is 0. The van der Waals surface area contributed by atoms with Gasteiger partial charge in [0.15, 0.2) is 0 Å². The molecule has 15 heavy (non-hydrogen) atoms. The average molecular weight is 251 g/mol. The normalized spacial score (nSPS) is 11.4. The van der Waals surface area contributed by atoms with Gasteiger partial charge in [0, 0.05) is 16.2 Å². The van der Waals surface area contributed by atoms with E-state index in [9.17, 15) is 13.5 Å². The number of aromatic hydroxyl groups is 1. The quantitative estimate of drug-likeness (QED) is 0.831. The fourth-order valence-corrected chi connectivity index (χ4v) is 2.19. The molecule has 0 aliphatic carbocycles. The molecular weight excluding hydrogens is 240 g/mol. The summed E-state index contributed by atoms with van der Waals surface area (Å²) in [5.41, 5.74) is 0.957. The largest absolute Gasteiger partial charge is 0.508 e. The van der Waals surface area contributed by atoms with Gasteiger partial charge in [0.1, 0.15) is 11.5 Å². The number of hydrogen-bond donors (Lipinski definition) is 1. The SMILES string of the molecule is COc1cc(CS(=O)(=O)Cl)c(O)cc1C. The first-order chi connectivity index (χ1) is 6.83. The Morgan fingerprint density at radius 2 is 2.07 bits per heavy atom. The third-order valence-corrected chi connectivity index (χ3v) is 2.91. The molecule has 4 nitrogen and oxygen atoms in total. The van der Waals surface area contributed by atoms with Crippen molar-refractivity contribution in [1.82, 2.24) is 0 Å². The van der Waals surface area contributed by atoms with Gasteiger partial charge in [-0.3, -0.25) is 0 Å². The molecule has 0 aliphatic rings. The fourth-order valence-electron chi connectivity index (χ4n) is 1.24. The number of methoxy groups -OCH3 is 1. The monoisotopic (exact) mass is 250 g/mol. The van der Waals surface area contributed by atoms with Gasteiger partial charge in [0.2, 0.25) is 9.05 Å². The topological polar surface area (TPSA) is 63.6 Å². The van der Waals surface area contributed by atoms with E-state index >= 15 is 0 Å². The van der Waals surface area contributed by atoms with E-state index in [-0.39, 0.29) is 11.3 Å². The van der Waals surface area contributed by atoms with Crippen molar-refractivity contribution in [2.24, 2.45) is 0 Å². The lowest BCUT2D eigenvalue weighted by Crippen LogP contribution is -1.97. The third-order valence-electron chi connectivity index (χ3n) is 1.92. The molecule has 0 aliphatic heterocycles. The van der Waals surface area contributed by atoms with Crippen LogP contribution in [-0.2, 0) is 14.8 Å². The van der Waals surface area contributed by atoms with Crippen LogP contribution in [0.2, 0.25) is 0 Å². The van der Waals surface area contributed by atoms with Gasteiger partial charge < -0.3 is 9.84 Å². The van der Waals surface area contributed by atoms with Gasteiger partial charge >= 0.3 is 0 Å². The first-order valence-corrected chi connectivity index (χ1v) is 6.60. The van der Waals surface area contributed by atoms with Crippen LogP contribution < -0.4 is 4.74 Å². The van der Waals surface area contributed by atoms with E-state index in [1.807, 2.05) is 0 Å². The summed E-state index contributed by atoms with van der Waals surface area (Å²) < 4.78 is 26.7. The van der Waals surface area contributed by atoms with Crippen molar-refractivity contribution in [2.45, 2.75) is 12.7 Å². The van der Waals surface area contributed by atoms with E-state index in [1.165, 1.54) is 19.2 Å². The first kappa shape index (κ1) is 12.1. The van der Waals surface area contributed by atoms with Crippen molar-refractivity contribution in [1.29, 1.82) is 0 Å². The van der Waals surface area contributed by atoms with Crippen molar-refractivity contribution in [3.05, 3.63) is 23.3 Å². The minimum atomic E-state index is -3.68. The molecule has 0 radical (unpaired) electrons. The standard InChI is InChI=1S/C9H11ClO4S/c1-6-3-8(11)7(4-9(6)14-2)5-15(10,12)13/h3-4,11H,5H2,1-2H3. The molecular formula is C9H11ClO4S. The molecule has 0 spiro atoms. The van der Waals surface area contributed by atoms with E-state index < -0.39 is 14.8 Å². The van der Waals surface area contributed by atoms with Crippen molar-refractivity contribution < 1.29 is 18.3 Å². The first-order valence-electron chi connectivity index (χ1n) is 4.12. The fraction of sp³-hybridized carbons (Fsp3) is 0.333. The van der Waals surface area contributed by atoms with Crippen molar-refractivity contribution in [2.75, 3.05) is 7.11 Å². The molecule has 0 amide bonds. The second-order valence-corrected chi connectivity index (χ2v) is 5.91. The number of aryl methyl sites for hydroxylation is 1. The summed E-state index contributed by atoms with van der Waals surface area (Å²) in [6, 6.07) is 2.90. The van der Waals surface area contributed by atoms with Gasteiger partial charge in [-0.15, -0.1) is 0 Å². The molecule has 0 aromatic heterocycles. The Hall–Kier alpha value is -0.940. The highest BCUT2D eigenvalue weighted by atomic mass is 35.7. The lowest BCUT2D eigenvalue weighted by molar-refractivity contribution is 0.408. The highest BCUT2D eigenvalue weighted by Gasteiger charge is 2.13. The van der Waals surface area contributed by atoms with Crippen LogP contribution in [0.5, 0.6) is 11.5 Å². The lowest BCUT2D eigenvalue weighted by atomic mass is 10.1. The number of ether oxygens (including phenoxy) is 1. The van der Waals surface area contributed by atoms with E-state index in [0.717, 1.165) is 5.56 Å². The summed E-state index contributed by atoms with van der Waals surface area (Å²) in [6.45, 7) is 1.75. The van der Waals surface area contributed by atoms with E-state index in [1.54, 1.807) is 6.92 Å². The van der Waals surface area contributed by atoms with Crippen LogP contribution in [0.1, 0.15) is 11.1 Å². The second kappa shape index (κ2) is 4.28. The Morgan fingerprint density at radius 3 is 2.53 bits per heavy atom. The van der Waals surface area contributed by atoms with E-state index in [2.05, 4.69) is 0 Å². The van der Waals surface area contributed by atoms with Crippen LogP contribution in [0, 0.1) is 6.92 Å². The molecule has 0 heterocycles. The van der Waals surface area contributed by atoms with Gasteiger partial charge in [-0.2, -0.15) is 0 Å². The van der Waals surface area contributed by atoms with Gasteiger partial charge in [-0.25, -0.2) is 8.42 Å². The maximum atomic E-state index is 10.9. The molecule has 0 saturated carbocycles. The predicted molar refractivity (Wildman–Crippen MR) is 57.9 cm³/mol. The molecule has 0 unspecified atom stereocenters. The maximum absolute atomic E-state index is 10.9. The smallest absolute Gasteiger partial charge is 0.236 e. The Balaban J connectivity index is 3.19. The Kier molecular flexibility index (Phi) is 3.46. The lowest BCUT2D eigenvalue weighted by Gasteiger charge is -2.08. The van der Waals surface area contributed by atoms with Crippen LogP contribution >= 0.6 is 10.7 Å². The molecule has 84 valence electrons. The van der Waals surface area contributed by atoms with E-state index in [4.69, 9.17) is 15.4 Å². The van der Waals surface area contributed by atoms with Crippen molar-refractivity contribution in [3.8, 4) is 11.5 Å². The van der Waals surface area contributed by atoms with Crippen molar-refractivity contribution >= 4 is 19.7 Å². The highest BCUT2D eigenvalue weighted by Crippen LogP contribution is 2.29. The number of phenolic OH excluding ortho intramolecular Hbond substituents is 1. The van der Waals surface area contributed by atoms with Crippen LogP contribution in [0.15, 0.2) is 12.1 Å². The number of hydrogen-bond acceptors (Lipinski definition) is 4. The van der Waals surface area contributed by atoms with Gasteiger partial charge in [-0.1, -0.05) is 0 Å². The zero-order chi connectivity index (χ0) is 11.6. The van der Waals surface area contributed by atoms with Crippen molar-refractivity contribution in [3.63, 3.8) is 0 Å². The number of phenols is 1. The average Bonchev–Trinajstić information content (AvgIpc) is 2.07. The molecule has 1 aromatic rings. The van der Waals surface area contributed by atoms with Gasteiger partial charge in [-0.05, 0) is 24.6 Å². The third kappa shape index (κ3) is 3.28. The zero-order valence-electron chi connectivity index (χ0n) is 8.32.